The molecule has 3 aliphatic rings. The number of ether oxygens (including phenoxy) is 2. The van der Waals surface area contributed by atoms with Gasteiger partial charge in [-0.25, -0.2) is 0 Å². The Morgan fingerprint density at radius 3 is 2.95 bits per heavy atom. The molecule has 5 nitrogen and oxygen atoms in total. The average Bonchev–Trinajstić information content (AvgIpc) is 2.54. The molecule has 22 heavy (non-hydrogen) atoms. The van der Waals surface area contributed by atoms with E-state index in [2.05, 4.69) is 11.9 Å². The van der Waals surface area contributed by atoms with Gasteiger partial charge in [0.2, 0.25) is 5.78 Å². The van der Waals surface area contributed by atoms with Gasteiger partial charge in [0.15, 0.2) is 5.76 Å². The first-order valence-electron chi connectivity index (χ1n) is 6.98. The van der Waals surface area contributed by atoms with Gasteiger partial charge >= 0.3 is 0 Å². The van der Waals surface area contributed by atoms with Crippen LogP contribution in [0.25, 0.3) is 0 Å². The first-order chi connectivity index (χ1) is 10.6. The van der Waals surface area contributed by atoms with E-state index in [4.69, 9.17) is 9.47 Å². The number of rotatable bonds is 4. The molecule has 0 bridgehead atoms. The maximum atomic E-state index is 12.0. The topological polar surface area (TPSA) is 67.8 Å². The number of ketones is 1. The molecule has 0 aromatic carbocycles. The smallest absolute Gasteiger partial charge is 0.230 e. The van der Waals surface area contributed by atoms with Crippen LogP contribution < -0.4 is 5.32 Å². The monoisotopic (exact) mass is 299 g/mol. The fourth-order valence-electron chi connectivity index (χ4n) is 2.61. The Labute approximate surface area is 128 Å². The number of aliphatic hydroxyl groups excluding tert-OH is 1. The van der Waals surface area contributed by atoms with Crippen molar-refractivity contribution in [2.75, 3.05) is 13.7 Å². The molecule has 2 unspecified atom stereocenters. The standard InChI is InChI=1S/C17H17NO4/c1-3-6-22-11-4-5-13-10(7-11)8-12-14(18-13)9-15(21-2)17(20)16(12)19/h3-5,7-9,13,16,18-19H,1,6H2,2H3. The van der Waals surface area contributed by atoms with Crippen molar-refractivity contribution in [3.63, 3.8) is 0 Å². The molecule has 0 saturated heterocycles. The summed E-state index contributed by atoms with van der Waals surface area (Å²) in [6, 6.07) is -0.0235. The molecule has 1 heterocycles. The second-order valence-electron chi connectivity index (χ2n) is 5.12. The summed E-state index contributed by atoms with van der Waals surface area (Å²) in [5.41, 5.74) is 2.18. The number of dihydropyridines is 1. The third kappa shape index (κ3) is 2.40. The number of hydrogen-bond acceptors (Lipinski definition) is 5. The second-order valence-corrected chi connectivity index (χ2v) is 5.12. The number of allylic oxidation sites excluding steroid dienone is 2. The number of hydrogen-bond donors (Lipinski definition) is 2. The minimum atomic E-state index is -1.22. The maximum Gasteiger partial charge on any atom is 0.230 e. The van der Waals surface area contributed by atoms with Crippen LogP contribution in [0.2, 0.25) is 0 Å². The van der Waals surface area contributed by atoms with Gasteiger partial charge in [0, 0.05) is 17.3 Å². The minimum absolute atomic E-state index is 0.0235. The van der Waals surface area contributed by atoms with Gasteiger partial charge in [-0.1, -0.05) is 18.7 Å². The lowest BCUT2D eigenvalue weighted by molar-refractivity contribution is -0.124. The Kier molecular flexibility index (Phi) is 3.73. The third-order valence-corrected chi connectivity index (χ3v) is 3.71. The summed E-state index contributed by atoms with van der Waals surface area (Å²) in [6.45, 7) is 4.04. The van der Waals surface area contributed by atoms with Crippen molar-refractivity contribution in [1.29, 1.82) is 0 Å². The zero-order chi connectivity index (χ0) is 15.7. The van der Waals surface area contributed by atoms with Crippen LogP contribution in [0.1, 0.15) is 0 Å². The molecule has 0 radical (unpaired) electrons. The second kappa shape index (κ2) is 5.69. The predicted molar refractivity (Wildman–Crippen MR) is 81.5 cm³/mol. The highest BCUT2D eigenvalue weighted by atomic mass is 16.5. The summed E-state index contributed by atoms with van der Waals surface area (Å²) < 4.78 is 10.5. The number of carbonyl (C=O) groups is 1. The largest absolute Gasteiger partial charge is 0.493 e. The normalized spacial score (nSPS) is 26.1. The molecule has 0 aromatic rings. The van der Waals surface area contributed by atoms with Crippen LogP contribution in [0.4, 0.5) is 0 Å². The Hall–Kier alpha value is -2.53. The van der Waals surface area contributed by atoms with E-state index in [-0.39, 0.29) is 11.8 Å². The Morgan fingerprint density at radius 2 is 2.23 bits per heavy atom. The molecular weight excluding hydrogens is 282 g/mol. The predicted octanol–water partition coefficient (Wildman–Crippen LogP) is 1.27. The van der Waals surface area contributed by atoms with E-state index in [0.29, 0.717) is 17.9 Å². The summed E-state index contributed by atoms with van der Waals surface area (Å²) >= 11 is 0. The van der Waals surface area contributed by atoms with E-state index in [9.17, 15) is 9.90 Å². The van der Waals surface area contributed by atoms with Crippen LogP contribution in [-0.2, 0) is 14.3 Å². The summed E-state index contributed by atoms with van der Waals surface area (Å²) in [4.78, 5) is 12.0. The van der Waals surface area contributed by atoms with Crippen molar-refractivity contribution in [1.82, 2.24) is 5.32 Å². The molecule has 0 fully saturated rings. The Morgan fingerprint density at radius 1 is 1.41 bits per heavy atom. The summed E-state index contributed by atoms with van der Waals surface area (Å²) in [5, 5.41) is 13.5. The molecule has 0 amide bonds. The highest BCUT2D eigenvalue weighted by Gasteiger charge is 2.34. The van der Waals surface area contributed by atoms with Crippen molar-refractivity contribution < 1.29 is 19.4 Å². The Balaban J connectivity index is 1.94. The molecule has 1 aliphatic heterocycles. The molecule has 0 aromatic heterocycles. The van der Waals surface area contributed by atoms with E-state index < -0.39 is 11.9 Å². The molecule has 2 atom stereocenters. The van der Waals surface area contributed by atoms with E-state index in [1.807, 2.05) is 24.3 Å². The molecule has 5 heteroatoms. The molecular formula is C17H17NO4. The zero-order valence-electron chi connectivity index (χ0n) is 12.2. The van der Waals surface area contributed by atoms with Gasteiger partial charge in [0.25, 0.3) is 0 Å². The van der Waals surface area contributed by atoms with Crippen molar-refractivity contribution in [2.45, 2.75) is 12.1 Å². The number of carbonyl (C=O) groups excluding carboxylic acids is 1. The van der Waals surface area contributed by atoms with Crippen molar-refractivity contribution in [3.05, 3.63) is 71.4 Å². The quantitative estimate of drug-likeness (QED) is 0.765. The van der Waals surface area contributed by atoms with Crippen molar-refractivity contribution in [3.8, 4) is 0 Å². The molecule has 0 saturated carbocycles. The molecule has 0 spiro atoms. The molecule has 2 N–H and O–H groups in total. The zero-order valence-corrected chi connectivity index (χ0v) is 12.2. The van der Waals surface area contributed by atoms with Crippen LogP contribution in [0.5, 0.6) is 0 Å². The van der Waals surface area contributed by atoms with Gasteiger partial charge < -0.3 is 19.9 Å². The van der Waals surface area contributed by atoms with E-state index >= 15 is 0 Å². The molecule has 3 rings (SSSR count). The fourth-order valence-corrected chi connectivity index (χ4v) is 2.61. The van der Waals surface area contributed by atoms with E-state index in [0.717, 1.165) is 11.3 Å². The lowest BCUT2D eigenvalue weighted by atomic mass is 9.87. The van der Waals surface area contributed by atoms with Crippen LogP contribution in [0, 0.1) is 0 Å². The highest BCUT2D eigenvalue weighted by molar-refractivity contribution is 6.01. The number of Topliss-reactive ketones (excluding diaryl/α,β-unsaturated/α-hetero) is 1. The first kappa shape index (κ1) is 14.4. The molecule has 2 aliphatic carbocycles. The minimum Gasteiger partial charge on any atom is -0.493 e. The fraction of sp³-hybridized carbons (Fsp3) is 0.235. The third-order valence-electron chi connectivity index (χ3n) is 3.71. The summed E-state index contributed by atoms with van der Waals surface area (Å²) in [7, 11) is 1.42. The summed E-state index contributed by atoms with van der Waals surface area (Å²) in [5.74, 6) is 0.441. The average molecular weight is 299 g/mol. The number of aliphatic hydroxyl groups is 1. The lowest BCUT2D eigenvalue weighted by Crippen LogP contribution is -2.39. The van der Waals surface area contributed by atoms with Crippen LogP contribution in [-0.4, -0.2) is 36.8 Å². The van der Waals surface area contributed by atoms with Gasteiger partial charge in [-0.15, -0.1) is 0 Å². The molecule has 114 valence electrons. The van der Waals surface area contributed by atoms with Gasteiger partial charge in [0.05, 0.1) is 13.2 Å². The van der Waals surface area contributed by atoms with Crippen molar-refractivity contribution in [2.24, 2.45) is 0 Å². The lowest BCUT2D eigenvalue weighted by Gasteiger charge is -2.31. The number of methoxy groups -OCH3 is 1. The number of nitrogens with one attached hydrogen (secondary N) is 1. The van der Waals surface area contributed by atoms with Gasteiger partial charge in [-0.3, -0.25) is 4.79 Å². The van der Waals surface area contributed by atoms with Crippen LogP contribution >= 0.6 is 0 Å². The maximum absolute atomic E-state index is 12.0. The van der Waals surface area contributed by atoms with Crippen molar-refractivity contribution >= 4 is 5.78 Å². The van der Waals surface area contributed by atoms with E-state index in [1.54, 1.807) is 12.2 Å². The summed E-state index contributed by atoms with van der Waals surface area (Å²) in [6.07, 6.45) is 9.65. The van der Waals surface area contributed by atoms with Crippen LogP contribution in [0.15, 0.2) is 71.4 Å². The van der Waals surface area contributed by atoms with Gasteiger partial charge in [-0.2, -0.15) is 0 Å². The van der Waals surface area contributed by atoms with E-state index in [1.165, 1.54) is 7.11 Å². The highest BCUT2D eigenvalue weighted by Crippen LogP contribution is 2.30. The number of fused-ring (bicyclic) bond motifs is 1. The van der Waals surface area contributed by atoms with Gasteiger partial charge in [0.1, 0.15) is 18.5 Å². The Bertz CT molecular complexity index is 679. The van der Waals surface area contributed by atoms with Gasteiger partial charge in [-0.05, 0) is 23.8 Å². The SMILES string of the molecule is C=CCOC1=CC2=CC3=C(C=C(OC)C(=O)C3O)NC2C=C1. The first-order valence-corrected chi connectivity index (χ1v) is 6.98. The van der Waals surface area contributed by atoms with Crippen LogP contribution in [0.3, 0.4) is 0 Å².